The zero-order valence-electron chi connectivity index (χ0n) is 11.8. The Bertz CT molecular complexity index is 621. The molecule has 2 N–H and O–H groups in total. The number of hydrogen-bond acceptors (Lipinski definition) is 3. The molecule has 0 aliphatic heterocycles. The number of pyridine rings is 1. The van der Waals surface area contributed by atoms with Gasteiger partial charge in [0.2, 0.25) is 0 Å². The van der Waals surface area contributed by atoms with Crippen LogP contribution in [0.3, 0.4) is 0 Å². The monoisotopic (exact) mass is 270 g/mol. The van der Waals surface area contributed by atoms with Crippen molar-refractivity contribution in [2.24, 2.45) is 0 Å². The number of rotatable bonds is 4. The number of hydrogen-bond donors (Lipinski definition) is 2. The van der Waals surface area contributed by atoms with Gasteiger partial charge >= 0.3 is 5.97 Å². The summed E-state index contributed by atoms with van der Waals surface area (Å²) in [4.78, 5) is 15.5. The van der Waals surface area contributed by atoms with E-state index in [0.717, 1.165) is 5.56 Å². The molecule has 104 valence electrons. The third-order valence-electron chi connectivity index (χ3n) is 3.30. The molecule has 20 heavy (non-hydrogen) atoms. The molecule has 0 amide bonds. The lowest BCUT2D eigenvalue weighted by atomic mass is 10.1. The highest BCUT2D eigenvalue weighted by molar-refractivity contribution is 5.94. The topological polar surface area (TPSA) is 62.2 Å². The molecular formula is C16H18N2O2. The van der Waals surface area contributed by atoms with Gasteiger partial charge in [-0.1, -0.05) is 29.8 Å². The van der Waals surface area contributed by atoms with Crippen molar-refractivity contribution in [3.8, 4) is 0 Å². The van der Waals surface area contributed by atoms with Crippen LogP contribution in [-0.4, -0.2) is 16.1 Å². The molecule has 0 bridgehead atoms. The van der Waals surface area contributed by atoms with Crippen LogP contribution in [0.2, 0.25) is 0 Å². The number of anilines is 1. The van der Waals surface area contributed by atoms with Gasteiger partial charge in [-0.3, -0.25) is 0 Å². The maximum absolute atomic E-state index is 11.3. The van der Waals surface area contributed by atoms with Gasteiger partial charge in [0.1, 0.15) is 11.4 Å². The molecule has 2 aromatic rings. The Morgan fingerprint density at radius 1 is 1.20 bits per heavy atom. The van der Waals surface area contributed by atoms with Gasteiger partial charge < -0.3 is 10.4 Å². The van der Waals surface area contributed by atoms with Crippen LogP contribution >= 0.6 is 0 Å². The zero-order valence-corrected chi connectivity index (χ0v) is 11.8. The van der Waals surface area contributed by atoms with Crippen LogP contribution in [0.15, 0.2) is 36.5 Å². The Hall–Kier alpha value is -2.36. The second kappa shape index (κ2) is 5.74. The van der Waals surface area contributed by atoms with Crippen molar-refractivity contribution in [1.82, 2.24) is 4.98 Å². The van der Waals surface area contributed by atoms with E-state index in [1.165, 1.54) is 5.56 Å². The highest BCUT2D eigenvalue weighted by atomic mass is 16.4. The molecule has 4 heteroatoms. The fourth-order valence-corrected chi connectivity index (χ4v) is 2.08. The molecule has 1 aromatic carbocycles. The molecule has 0 radical (unpaired) electrons. The van der Waals surface area contributed by atoms with Gasteiger partial charge in [0.25, 0.3) is 0 Å². The highest BCUT2D eigenvalue weighted by Crippen LogP contribution is 2.22. The van der Waals surface area contributed by atoms with Gasteiger partial charge in [0.15, 0.2) is 0 Å². The quantitative estimate of drug-likeness (QED) is 0.891. The van der Waals surface area contributed by atoms with E-state index < -0.39 is 5.97 Å². The van der Waals surface area contributed by atoms with Gasteiger partial charge in [0, 0.05) is 12.2 Å². The predicted molar refractivity (Wildman–Crippen MR) is 79.2 cm³/mol. The van der Waals surface area contributed by atoms with E-state index in [-0.39, 0.29) is 11.6 Å². The molecule has 1 aromatic heterocycles. The van der Waals surface area contributed by atoms with Gasteiger partial charge in [-0.25, -0.2) is 9.78 Å². The van der Waals surface area contributed by atoms with Gasteiger partial charge in [-0.2, -0.15) is 0 Å². The molecule has 0 saturated heterocycles. The summed E-state index contributed by atoms with van der Waals surface area (Å²) in [6, 6.07) is 9.82. The van der Waals surface area contributed by atoms with Gasteiger partial charge in [-0.15, -0.1) is 0 Å². The zero-order chi connectivity index (χ0) is 14.7. The number of carboxylic acid groups (broad SMARTS) is 1. The van der Waals surface area contributed by atoms with Crippen molar-refractivity contribution >= 4 is 11.8 Å². The molecule has 1 atom stereocenters. The first kappa shape index (κ1) is 14.1. The molecule has 0 aliphatic carbocycles. The van der Waals surface area contributed by atoms with E-state index >= 15 is 0 Å². The van der Waals surface area contributed by atoms with Gasteiger partial charge in [0.05, 0.1) is 0 Å². The molecular weight excluding hydrogens is 252 g/mol. The van der Waals surface area contributed by atoms with E-state index in [0.29, 0.717) is 11.4 Å². The van der Waals surface area contributed by atoms with E-state index in [1.807, 2.05) is 38.1 Å². The number of aromatic carboxylic acids is 1. The minimum absolute atomic E-state index is 0.0111. The lowest BCUT2D eigenvalue weighted by Gasteiger charge is -2.17. The number of nitrogens with zero attached hydrogens (tertiary/aromatic N) is 1. The van der Waals surface area contributed by atoms with E-state index in [2.05, 4.69) is 10.3 Å². The lowest BCUT2D eigenvalue weighted by molar-refractivity contribution is 0.0697. The van der Waals surface area contributed by atoms with Crippen LogP contribution < -0.4 is 5.32 Å². The molecule has 0 saturated carbocycles. The number of carboxylic acids is 1. The van der Waals surface area contributed by atoms with Crippen molar-refractivity contribution in [1.29, 1.82) is 0 Å². The van der Waals surface area contributed by atoms with Crippen LogP contribution in [0.5, 0.6) is 0 Å². The smallest absolute Gasteiger partial charge is 0.339 e. The predicted octanol–water partition coefficient (Wildman–Crippen LogP) is 3.57. The second-order valence-electron chi connectivity index (χ2n) is 4.93. The first-order chi connectivity index (χ1) is 9.49. The minimum Gasteiger partial charge on any atom is -0.478 e. The first-order valence-corrected chi connectivity index (χ1v) is 6.51. The summed E-state index contributed by atoms with van der Waals surface area (Å²) in [5, 5.41) is 12.5. The molecule has 1 heterocycles. The Balaban J connectivity index is 2.28. The summed E-state index contributed by atoms with van der Waals surface area (Å²) >= 11 is 0. The maximum atomic E-state index is 11.3. The molecule has 1 unspecified atom stereocenters. The second-order valence-corrected chi connectivity index (χ2v) is 4.93. The van der Waals surface area contributed by atoms with Gasteiger partial charge in [-0.05, 0) is 38.0 Å². The Morgan fingerprint density at radius 3 is 2.45 bits per heavy atom. The summed E-state index contributed by atoms with van der Waals surface area (Å²) in [6.07, 6.45) is 1.62. The standard InChI is InChI=1S/C16H18N2O2/c1-10-4-6-13(7-5-10)12(3)18-15-14(16(19)20)11(2)8-9-17-15/h4-9,12H,1-3H3,(H,17,18)(H,19,20). The number of aromatic nitrogens is 1. The number of nitrogens with one attached hydrogen (secondary N) is 1. The Kier molecular flexibility index (Phi) is 4.03. The van der Waals surface area contributed by atoms with E-state index in [9.17, 15) is 9.90 Å². The van der Waals surface area contributed by atoms with Crippen LogP contribution in [-0.2, 0) is 0 Å². The molecule has 0 aliphatic rings. The number of benzene rings is 1. The summed E-state index contributed by atoms with van der Waals surface area (Å²) in [6.45, 7) is 5.79. The SMILES string of the molecule is Cc1ccc(C(C)Nc2nccc(C)c2C(=O)O)cc1. The van der Waals surface area contributed by atoms with Crippen molar-refractivity contribution in [2.45, 2.75) is 26.8 Å². The van der Waals surface area contributed by atoms with Crippen molar-refractivity contribution in [3.63, 3.8) is 0 Å². The highest BCUT2D eigenvalue weighted by Gasteiger charge is 2.16. The van der Waals surface area contributed by atoms with Crippen molar-refractivity contribution in [2.75, 3.05) is 5.32 Å². The maximum Gasteiger partial charge on any atom is 0.339 e. The average Bonchev–Trinajstić information content (AvgIpc) is 2.39. The van der Waals surface area contributed by atoms with Crippen LogP contribution in [0.4, 0.5) is 5.82 Å². The minimum atomic E-state index is -0.964. The van der Waals surface area contributed by atoms with Crippen molar-refractivity contribution in [3.05, 3.63) is 58.8 Å². The number of aryl methyl sites for hydroxylation is 2. The lowest BCUT2D eigenvalue weighted by Crippen LogP contribution is -2.13. The van der Waals surface area contributed by atoms with Crippen LogP contribution in [0.25, 0.3) is 0 Å². The summed E-state index contributed by atoms with van der Waals surface area (Å²) < 4.78 is 0. The third kappa shape index (κ3) is 2.96. The molecule has 2 rings (SSSR count). The number of carbonyl (C=O) groups is 1. The van der Waals surface area contributed by atoms with Crippen LogP contribution in [0.1, 0.15) is 40.0 Å². The fourth-order valence-electron chi connectivity index (χ4n) is 2.08. The van der Waals surface area contributed by atoms with E-state index in [4.69, 9.17) is 0 Å². The fraction of sp³-hybridized carbons (Fsp3) is 0.250. The molecule has 0 spiro atoms. The van der Waals surface area contributed by atoms with Crippen molar-refractivity contribution < 1.29 is 9.90 Å². The first-order valence-electron chi connectivity index (χ1n) is 6.51. The largest absolute Gasteiger partial charge is 0.478 e. The molecule has 0 fully saturated rings. The Labute approximate surface area is 118 Å². The van der Waals surface area contributed by atoms with E-state index in [1.54, 1.807) is 19.2 Å². The summed E-state index contributed by atoms with van der Waals surface area (Å²) in [5.74, 6) is -0.556. The summed E-state index contributed by atoms with van der Waals surface area (Å²) in [7, 11) is 0. The summed E-state index contributed by atoms with van der Waals surface area (Å²) in [5.41, 5.74) is 3.22. The molecule has 4 nitrogen and oxygen atoms in total. The Morgan fingerprint density at radius 2 is 1.85 bits per heavy atom. The third-order valence-corrected chi connectivity index (χ3v) is 3.30. The van der Waals surface area contributed by atoms with Crippen LogP contribution in [0, 0.1) is 13.8 Å². The normalized spacial score (nSPS) is 11.9. The average molecular weight is 270 g/mol.